The van der Waals surface area contributed by atoms with E-state index in [1.807, 2.05) is 0 Å². The van der Waals surface area contributed by atoms with Crippen LogP contribution in [0.5, 0.6) is 0 Å². The molecule has 0 spiro atoms. The smallest absolute Gasteiger partial charge is 0.382 e. The normalized spacial score (nSPS) is 16.1. The molecule has 72 valence electrons. The summed E-state index contributed by atoms with van der Waals surface area (Å²) < 4.78 is 4.43. The van der Waals surface area contributed by atoms with E-state index >= 15 is 0 Å². The summed E-state index contributed by atoms with van der Waals surface area (Å²) in [6.45, 7) is 1.72. The highest BCUT2D eigenvalue weighted by Crippen LogP contribution is 2.27. The summed E-state index contributed by atoms with van der Waals surface area (Å²) in [5.74, 6) is -2.81. The van der Waals surface area contributed by atoms with Gasteiger partial charge in [-0.15, -0.1) is 0 Å². The molecule has 13 heavy (non-hydrogen) atoms. The van der Waals surface area contributed by atoms with E-state index in [0.29, 0.717) is 0 Å². The molecule has 0 N–H and O–H groups in total. The molecule has 1 saturated carbocycles. The lowest BCUT2D eigenvalue weighted by Gasteiger charge is -2.22. The van der Waals surface area contributed by atoms with Gasteiger partial charge in [-0.1, -0.05) is 6.42 Å². The second-order valence-electron chi connectivity index (χ2n) is 3.04. The van der Waals surface area contributed by atoms with Crippen molar-refractivity contribution < 1.29 is 19.1 Å². The van der Waals surface area contributed by atoms with E-state index in [2.05, 4.69) is 4.74 Å². The van der Waals surface area contributed by atoms with Crippen LogP contribution < -0.4 is 0 Å². The Balaban J connectivity index is 2.46. The van der Waals surface area contributed by atoms with Gasteiger partial charge in [0.2, 0.25) is 5.78 Å². The molecule has 0 aromatic rings. The molecular weight excluding hydrogens is 172 g/mol. The van der Waals surface area contributed by atoms with Crippen LogP contribution >= 0.6 is 0 Å². The van der Waals surface area contributed by atoms with Crippen LogP contribution in [0.15, 0.2) is 0 Å². The van der Waals surface area contributed by atoms with Crippen LogP contribution in [-0.2, 0) is 19.1 Å². The number of esters is 1. The second kappa shape index (κ2) is 4.16. The molecule has 0 aromatic carbocycles. The van der Waals surface area contributed by atoms with E-state index < -0.39 is 17.5 Å². The molecule has 4 nitrogen and oxygen atoms in total. The van der Waals surface area contributed by atoms with E-state index in [9.17, 15) is 14.4 Å². The van der Waals surface area contributed by atoms with Crippen molar-refractivity contribution in [2.45, 2.75) is 26.2 Å². The first kappa shape index (κ1) is 9.89. The number of ether oxygens (including phenoxy) is 1. The number of carbonyl (C=O) groups excluding carboxylic acids is 3. The van der Waals surface area contributed by atoms with Gasteiger partial charge in [-0.05, 0) is 19.8 Å². The summed E-state index contributed by atoms with van der Waals surface area (Å²) in [6.07, 6.45) is 2.42. The zero-order chi connectivity index (χ0) is 9.84. The van der Waals surface area contributed by atoms with Gasteiger partial charge < -0.3 is 4.74 Å². The number of hydrogen-bond acceptors (Lipinski definition) is 4. The Morgan fingerprint density at radius 3 is 2.31 bits per heavy atom. The first-order chi connectivity index (χ1) is 6.16. The second-order valence-corrected chi connectivity index (χ2v) is 3.04. The molecular formula is C9H12O4. The highest BCUT2D eigenvalue weighted by atomic mass is 16.5. The SMILES string of the molecule is CCOC(=O)C(=O)C(=O)C1CCC1. The Hall–Kier alpha value is -1.19. The molecule has 0 amide bonds. The number of ketones is 2. The van der Waals surface area contributed by atoms with Gasteiger partial charge in [0, 0.05) is 5.92 Å². The summed E-state index contributed by atoms with van der Waals surface area (Å²) in [6, 6.07) is 0. The van der Waals surface area contributed by atoms with Crippen LogP contribution in [0.25, 0.3) is 0 Å². The van der Waals surface area contributed by atoms with E-state index in [0.717, 1.165) is 19.3 Å². The van der Waals surface area contributed by atoms with Crippen LogP contribution in [0, 0.1) is 5.92 Å². The fourth-order valence-corrected chi connectivity index (χ4v) is 1.15. The van der Waals surface area contributed by atoms with Crippen molar-refractivity contribution in [1.82, 2.24) is 0 Å². The van der Waals surface area contributed by atoms with Gasteiger partial charge in [0.05, 0.1) is 6.61 Å². The zero-order valence-electron chi connectivity index (χ0n) is 7.54. The van der Waals surface area contributed by atoms with E-state index in [-0.39, 0.29) is 12.5 Å². The molecule has 0 atom stereocenters. The fraction of sp³-hybridized carbons (Fsp3) is 0.667. The molecule has 1 aliphatic carbocycles. The largest absolute Gasteiger partial charge is 0.460 e. The summed E-state index contributed by atoms with van der Waals surface area (Å²) in [4.78, 5) is 33.1. The maximum atomic E-state index is 11.2. The number of rotatable bonds is 4. The Morgan fingerprint density at radius 2 is 1.92 bits per heavy atom. The highest BCUT2D eigenvalue weighted by molar-refractivity contribution is 6.62. The van der Waals surface area contributed by atoms with Gasteiger partial charge in [0.15, 0.2) is 0 Å². The minimum absolute atomic E-state index is 0.128. The van der Waals surface area contributed by atoms with Crippen LogP contribution in [-0.4, -0.2) is 24.1 Å². The average Bonchev–Trinajstić information content (AvgIpc) is 2.00. The minimum Gasteiger partial charge on any atom is -0.460 e. The van der Waals surface area contributed by atoms with Crippen molar-refractivity contribution in [2.75, 3.05) is 6.61 Å². The van der Waals surface area contributed by atoms with Gasteiger partial charge in [0.1, 0.15) is 0 Å². The van der Waals surface area contributed by atoms with Gasteiger partial charge in [-0.25, -0.2) is 4.79 Å². The Morgan fingerprint density at radius 1 is 1.31 bits per heavy atom. The molecule has 0 aliphatic heterocycles. The summed E-state index contributed by atoms with van der Waals surface area (Å²) in [5.41, 5.74) is 0. The monoisotopic (exact) mass is 184 g/mol. The molecule has 1 rings (SSSR count). The van der Waals surface area contributed by atoms with Crippen LogP contribution in [0.3, 0.4) is 0 Å². The summed E-state index contributed by atoms with van der Waals surface area (Å²) in [7, 11) is 0. The zero-order valence-corrected chi connectivity index (χ0v) is 7.54. The maximum absolute atomic E-state index is 11.2. The molecule has 0 heterocycles. The number of hydrogen-bond donors (Lipinski definition) is 0. The first-order valence-corrected chi connectivity index (χ1v) is 4.42. The van der Waals surface area contributed by atoms with Crippen LogP contribution in [0.2, 0.25) is 0 Å². The molecule has 1 fully saturated rings. The van der Waals surface area contributed by atoms with Gasteiger partial charge >= 0.3 is 11.8 Å². The lowest BCUT2D eigenvalue weighted by atomic mass is 9.81. The topological polar surface area (TPSA) is 60.4 Å². The maximum Gasteiger partial charge on any atom is 0.382 e. The lowest BCUT2D eigenvalue weighted by Crippen LogP contribution is -2.34. The standard InChI is InChI=1S/C9H12O4/c1-2-13-9(12)8(11)7(10)6-4-3-5-6/h6H,2-5H2,1H3. The van der Waals surface area contributed by atoms with Crippen molar-refractivity contribution in [3.63, 3.8) is 0 Å². The third-order valence-electron chi connectivity index (χ3n) is 2.16. The third-order valence-corrected chi connectivity index (χ3v) is 2.16. The van der Waals surface area contributed by atoms with Crippen LogP contribution in [0.4, 0.5) is 0 Å². The fourth-order valence-electron chi connectivity index (χ4n) is 1.15. The van der Waals surface area contributed by atoms with Crippen molar-refractivity contribution in [1.29, 1.82) is 0 Å². The van der Waals surface area contributed by atoms with E-state index in [4.69, 9.17) is 0 Å². The van der Waals surface area contributed by atoms with Gasteiger partial charge in [-0.3, -0.25) is 9.59 Å². The molecule has 0 bridgehead atoms. The molecule has 0 unspecified atom stereocenters. The third kappa shape index (κ3) is 2.14. The molecule has 1 aliphatic rings. The van der Waals surface area contributed by atoms with Gasteiger partial charge in [0.25, 0.3) is 0 Å². The Bertz CT molecular complexity index is 240. The number of carbonyl (C=O) groups is 3. The highest BCUT2D eigenvalue weighted by Gasteiger charge is 2.34. The molecule has 4 heteroatoms. The molecule has 0 aromatic heterocycles. The quantitative estimate of drug-likeness (QED) is 0.362. The Kier molecular flexibility index (Phi) is 3.17. The molecule has 0 radical (unpaired) electrons. The van der Waals surface area contributed by atoms with E-state index in [1.54, 1.807) is 6.92 Å². The lowest BCUT2D eigenvalue weighted by molar-refractivity contribution is -0.157. The summed E-state index contributed by atoms with van der Waals surface area (Å²) >= 11 is 0. The van der Waals surface area contributed by atoms with Crippen molar-refractivity contribution in [2.24, 2.45) is 5.92 Å². The van der Waals surface area contributed by atoms with Crippen LogP contribution in [0.1, 0.15) is 26.2 Å². The predicted molar refractivity (Wildman–Crippen MR) is 44.0 cm³/mol. The average molecular weight is 184 g/mol. The van der Waals surface area contributed by atoms with Crippen molar-refractivity contribution in [3.05, 3.63) is 0 Å². The van der Waals surface area contributed by atoms with Crippen molar-refractivity contribution in [3.8, 4) is 0 Å². The van der Waals surface area contributed by atoms with Gasteiger partial charge in [-0.2, -0.15) is 0 Å². The Labute approximate surface area is 76.3 Å². The van der Waals surface area contributed by atoms with E-state index in [1.165, 1.54) is 0 Å². The number of Topliss-reactive ketones (excluding diaryl/α,β-unsaturated/α-hetero) is 2. The minimum atomic E-state index is -1.01. The van der Waals surface area contributed by atoms with Crippen molar-refractivity contribution >= 4 is 17.5 Å². The predicted octanol–water partition coefficient (Wildman–Crippen LogP) is 0.488. The summed E-state index contributed by atoms with van der Waals surface area (Å²) in [5, 5.41) is 0. The molecule has 0 saturated heterocycles. The first-order valence-electron chi connectivity index (χ1n) is 4.42.